The van der Waals surface area contributed by atoms with E-state index >= 15 is 0 Å². The molecule has 38 valence electrons. The second-order valence-corrected chi connectivity index (χ2v) is 1.37. The Morgan fingerprint density at radius 1 is 2.00 bits per heavy atom. The number of aliphatic imine (C=N–C) groups is 1. The number of carbonyl (C=O) groups is 1. The fourth-order valence-electron chi connectivity index (χ4n) is 0.333. The Morgan fingerprint density at radius 2 is 2.71 bits per heavy atom. The zero-order valence-corrected chi connectivity index (χ0v) is 3.92. The summed E-state index contributed by atoms with van der Waals surface area (Å²) in [4.78, 5) is 13.8. The first-order valence-corrected chi connectivity index (χ1v) is 2.03. The number of esters is 1. The monoisotopic (exact) mass is 99.0 g/mol. The van der Waals surface area contributed by atoms with Gasteiger partial charge in [0.05, 0.1) is 0 Å². The topological polar surface area (TPSA) is 38.7 Å². The zero-order valence-electron chi connectivity index (χ0n) is 3.92. The largest absolute Gasteiger partial charge is 0.413 e. The molecule has 3 heteroatoms. The van der Waals surface area contributed by atoms with Gasteiger partial charge < -0.3 is 4.74 Å². The number of cyclic esters (lactones) is 1. The number of hydrogen-bond acceptors (Lipinski definition) is 3. The molecule has 1 heterocycles. The Hall–Kier alpha value is -0.860. The Kier molecular flexibility index (Phi) is 0.817. The third-order valence-corrected chi connectivity index (χ3v) is 0.794. The predicted octanol–water partition coefficient (Wildman–Crippen LogP) is -0.0400. The van der Waals surface area contributed by atoms with Gasteiger partial charge in [-0.3, -0.25) is 0 Å². The molecule has 1 rings (SSSR count). The van der Waals surface area contributed by atoms with Gasteiger partial charge in [-0.25, -0.2) is 9.79 Å². The van der Waals surface area contributed by atoms with Crippen LogP contribution in [0.2, 0.25) is 0 Å². The van der Waals surface area contributed by atoms with Crippen molar-refractivity contribution >= 4 is 12.4 Å². The molecule has 0 spiro atoms. The van der Waals surface area contributed by atoms with Crippen LogP contribution in [0.15, 0.2) is 4.99 Å². The Labute approximate surface area is 41.0 Å². The molecule has 0 radical (unpaired) electrons. The average molecular weight is 99.1 g/mol. The van der Waals surface area contributed by atoms with E-state index < -0.39 is 0 Å². The van der Waals surface area contributed by atoms with Crippen LogP contribution in [-0.2, 0) is 9.53 Å². The average Bonchev–Trinajstić information content (AvgIpc) is 1.91. The van der Waals surface area contributed by atoms with E-state index in [9.17, 15) is 4.79 Å². The van der Waals surface area contributed by atoms with Gasteiger partial charge in [0.1, 0.15) is 6.04 Å². The highest BCUT2D eigenvalue weighted by Crippen LogP contribution is 1.97. The molecule has 0 aromatic rings. The molecule has 1 atom stereocenters. The van der Waals surface area contributed by atoms with Gasteiger partial charge in [0.25, 0.3) is 0 Å². The van der Waals surface area contributed by atoms with Crippen LogP contribution in [0.4, 0.5) is 0 Å². The Balaban J connectivity index is 2.62. The lowest BCUT2D eigenvalue weighted by Crippen LogP contribution is -2.08. The number of nitrogens with zero attached hydrogens (tertiary/aromatic N) is 1. The number of rotatable bonds is 0. The summed E-state index contributed by atoms with van der Waals surface area (Å²) in [5.41, 5.74) is 0. The van der Waals surface area contributed by atoms with Crippen LogP contribution in [0.25, 0.3) is 0 Å². The normalized spacial score (nSPS) is 28.1. The third-order valence-electron chi connectivity index (χ3n) is 0.794. The van der Waals surface area contributed by atoms with Gasteiger partial charge in [-0.15, -0.1) is 0 Å². The van der Waals surface area contributed by atoms with Crippen molar-refractivity contribution in [3.8, 4) is 0 Å². The number of carbonyl (C=O) groups excluding carboxylic acids is 1. The number of hydrogen-bond donors (Lipinski definition) is 0. The van der Waals surface area contributed by atoms with Crippen molar-refractivity contribution in [2.45, 2.75) is 13.0 Å². The van der Waals surface area contributed by atoms with Gasteiger partial charge in [0, 0.05) is 0 Å². The minimum absolute atomic E-state index is 0.264. The molecule has 0 aromatic carbocycles. The van der Waals surface area contributed by atoms with Crippen molar-refractivity contribution in [3.05, 3.63) is 0 Å². The molecule has 0 amide bonds. The molecule has 1 aliphatic rings. The van der Waals surface area contributed by atoms with E-state index in [2.05, 4.69) is 9.73 Å². The lowest BCUT2D eigenvalue weighted by atomic mass is 10.4. The molecule has 7 heavy (non-hydrogen) atoms. The van der Waals surface area contributed by atoms with Crippen LogP contribution < -0.4 is 0 Å². The molecule has 0 N–H and O–H groups in total. The fraction of sp³-hybridized carbons (Fsp3) is 0.500. The summed E-state index contributed by atoms with van der Waals surface area (Å²) in [6.07, 6.45) is 1.17. The summed E-state index contributed by atoms with van der Waals surface area (Å²) in [7, 11) is 0. The molecule has 1 unspecified atom stereocenters. The maximum atomic E-state index is 10.2. The summed E-state index contributed by atoms with van der Waals surface area (Å²) in [5.74, 6) is -0.264. The Morgan fingerprint density at radius 3 is 2.86 bits per heavy atom. The third kappa shape index (κ3) is 0.607. The maximum Gasteiger partial charge on any atom is 0.336 e. The van der Waals surface area contributed by atoms with Crippen molar-refractivity contribution < 1.29 is 9.53 Å². The lowest BCUT2D eigenvalue weighted by molar-refractivity contribution is -0.134. The van der Waals surface area contributed by atoms with E-state index in [1.807, 2.05) is 0 Å². The van der Waals surface area contributed by atoms with E-state index in [1.54, 1.807) is 6.92 Å². The second kappa shape index (κ2) is 1.33. The van der Waals surface area contributed by atoms with Gasteiger partial charge in [-0.2, -0.15) is 0 Å². The van der Waals surface area contributed by atoms with Gasteiger partial charge in [0.15, 0.2) is 6.40 Å². The molecular formula is C4H5NO2. The molecule has 0 aliphatic carbocycles. The first-order chi connectivity index (χ1) is 3.30. The molecule has 0 saturated heterocycles. The maximum absolute atomic E-state index is 10.2. The van der Waals surface area contributed by atoms with Crippen molar-refractivity contribution in [2.75, 3.05) is 0 Å². The first kappa shape index (κ1) is 4.30. The van der Waals surface area contributed by atoms with E-state index in [0.717, 1.165) is 0 Å². The predicted molar refractivity (Wildman–Crippen MR) is 24.0 cm³/mol. The molecule has 0 bridgehead atoms. The van der Waals surface area contributed by atoms with Crippen molar-refractivity contribution in [1.82, 2.24) is 0 Å². The van der Waals surface area contributed by atoms with E-state index in [1.165, 1.54) is 6.40 Å². The van der Waals surface area contributed by atoms with Crippen LogP contribution >= 0.6 is 0 Å². The minimum atomic E-state index is -0.278. The Bertz CT molecular complexity index is 119. The summed E-state index contributed by atoms with van der Waals surface area (Å²) in [6, 6.07) is -0.278. The minimum Gasteiger partial charge on any atom is -0.413 e. The van der Waals surface area contributed by atoms with Crippen molar-refractivity contribution in [3.63, 3.8) is 0 Å². The van der Waals surface area contributed by atoms with E-state index in [4.69, 9.17) is 0 Å². The van der Waals surface area contributed by atoms with E-state index in [0.29, 0.717) is 0 Å². The molecule has 3 nitrogen and oxygen atoms in total. The quantitative estimate of drug-likeness (QED) is 0.400. The highest BCUT2D eigenvalue weighted by atomic mass is 16.5. The van der Waals surface area contributed by atoms with Crippen LogP contribution in [0.1, 0.15) is 6.92 Å². The highest BCUT2D eigenvalue weighted by molar-refractivity contribution is 5.87. The molecule has 0 saturated carbocycles. The molecular weight excluding hydrogens is 94.0 g/mol. The van der Waals surface area contributed by atoms with Crippen molar-refractivity contribution in [1.29, 1.82) is 0 Å². The summed E-state index contributed by atoms with van der Waals surface area (Å²) < 4.78 is 4.33. The molecule has 1 aliphatic heterocycles. The van der Waals surface area contributed by atoms with Gasteiger partial charge in [0.2, 0.25) is 0 Å². The fourth-order valence-corrected chi connectivity index (χ4v) is 0.333. The SMILES string of the molecule is CC1N=COC1=O. The molecule has 0 aromatic heterocycles. The van der Waals surface area contributed by atoms with E-state index in [-0.39, 0.29) is 12.0 Å². The second-order valence-electron chi connectivity index (χ2n) is 1.37. The van der Waals surface area contributed by atoms with Crippen LogP contribution in [0, 0.1) is 0 Å². The highest BCUT2D eigenvalue weighted by Gasteiger charge is 2.15. The zero-order chi connectivity index (χ0) is 5.28. The standard InChI is InChI=1S/C4H5NO2/c1-3-4(6)7-2-5-3/h2-3H,1H3. The van der Waals surface area contributed by atoms with Gasteiger partial charge in [-0.05, 0) is 6.92 Å². The van der Waals surface area contributed by atoms with Crippen LogP contribution in [-0.4, -0.2) is 18.4 Å². The van der Waals surface area contributed by atoms with Crippen molar-refractivity contribution in [2.24, 2.45) is 4.99 Å². The van der Waals surface area contributed by atoms with Gasteiger partial charge >= 0.3 is 5.97 Å². The number of ether oxygens (including phenoxy) is 1. The summed E-state index contributed by atoms with van der Waals surface area (Å²) in [5, 5.41) is 0. The summed E-state index contributed by atoms with van der Waals surface area (Å²) >= 11 is 0. The molecule has 0 fully saturated rings. The van der Waals surface area contributed by atoms with Gasteiger partial charge in [-0.1, -0.05) is 0 Å². The first-order valence-electron chi connectivity index (χ1n) is 2.03. The lowest BCUT2D eigenvalue weighted by Gasteiger charge is -1.87. The smallest absolute Gasteiger partial charge is 0.336 e. The summed E-state index contributed by atoms with van der Waals surface area (Å²) in [6.45, 7) is 1.69. The van der Waals surface area contributed by atoms with Crippen LogP contribution in [0.5, 0.6) is 0 Å². The van der Waals surface area contributed by atoms with Crippen LogP contribution in [0.3, 0.4) is 0 Å².